The van der Waals surface area contributed by atoms with Gasteiger partial charge in [0.1, 0.15) is 0 Å². The number of pyridine rings is 1. The first-order valence-electron chi connectivity index (χ1n) is 5.10. The van der Waals surface area contributed by atoms with Crippen LogP contribution in [-0.4, -0.2) is 36.6 Å². The highest BCUT2D eigenvalue weighted by atomic mass is 15.2. The minimum Gasteiger partial charge on any atom is -0.308 e. The van der Waals surface area contributed by atoms with Gasteiger partial charge >= 0.3 is 0 Å². The highest BCUT2D eigenvalue weighted by Crippen LogP contribution is 2.15. The molecule has 1 aliphatic heterocycles. The number of aromatic nitrogens is 1. The summed E-state index contributed by atoms with van der Waals surface area (Å²) in [6.45, 7) is 5.29. The number of rotatable bonds is 1. The van der Waals surface area contributed by atoms with Crippen molar-refractivity contribution in [3.8, 4) is 0 Å². The van der Waals surface area contributed by atoms with E-state index in [9.17, 15) is 0 Å². The van der Waals surface area contributed by atoms with E-state index in [0.29, 0.717) is 6.04 Å². The van der Waals surface area contributed by atoms with Crippen molar-refractivity contribution in [3.63, 3.8) is 0 Å². The summed E-state index contributed by atoms with van der Waals surface area (Å²) >= 11 is 0. The number of likely N-dealkylation sites (N-methyl/N-ethyl adjacent to an activating group) is 1. The molecule has 1 N–H and O–H groups in total. The predicted octanol–water partition coefficient (Wildman–Crippen LogP) is 0.966. The molecule has 1 aromatic rings. The molecule has 1 saturated heterocycles. The molecular formula is C11H17N3. The van der Waals surface area contributed by atoms with Crippen LogP contribution >= 0.6 is 0 Å². The van der Waals surface area contributed by atoms with Gasteiger partial charge in [0.25, 0.3) is 0 Å². The molecule has 3 nitrogen and oxygen atoms in total. The third-order valence-electron chi connectivity index (χ3n) is 2.72. The maximum atomic E-state index is 4.32. The number of hydrogen-bond acceptors (Lipinski definition) is 3. The summed E-state index contributed by atoms with van der Waals surface area (Å²) in [6, 6.07) is 4.69. The van der Waals surface area contributed by atoms with Crippen LogP contribution in [0.4, 0.5) is 0 Å². The van der Waals surface area contributed by atoms with Gasteiger partial charge in [0.05, 0.1) is 0 Å². The van der Waals surface area contributed by atoms with Crippen LogP contribution in [0.1, 0.15) is 17.3 Å². The zero-order chi connectivity index (χ0) is 9.97. The first-order chi connectivity index (χ1) is 6.75. The Labute approximate surface area is 85.1 Å². The summed E-state index contributed by atoms with van der Waals surface area (Å²) in [5.41, 5.74) is 2.38. The quantitative estimate of drug-likeness (QED) is 0.717. The van der Waals surface area contributed by atoms with Crippen LogP contribution in [0.25, 0.3) is 0 Å². The summed E-state index contributed by atoms with van der Waals surface area (Å²) in [6.07, 6.45) is 1.98. The molecule has 2 rings (SSSR count). The zero-order valence-corrected chi connectivity index (χ0v) is 8.83. The fourth-order valence-electron chi connectivity index (χ4n) is 1.81. The molecule has 0 radical (unpaired) electrons. The van der Waals surface area contributed by atoms with E-state index in [1.165, 1.54) is 5.56 Å². The second-order valence-corrected chi connectivity index (χ2v) is 4.00. The van der Waals surface area contributed by atoms with Crippen LogP contribution in [0.2, 0.25) is 0 Å². The van der Waals surface area contributed by atoms with Crippen molar-refractivity contribution in [1.29, 1.82) is 0 Å². The molecule has 1 aromatic heterocycles. The molecule has 0 aliphatic carbocycles. The minimum absolute atomic E-state index is 0.446. The second-order valence-electron chi connectivity index (χ2n) is 4.00. The topological polar surface area (TPSA) is 28.2 Å². The van der Waals surface area contributed by atoms with Crippen LogP contribution in [0, 0.1) is 6.92 Å². The van der Waals surface area contributed by atoms with Crippen LogP contribution in [0.15, 0.2) is 18.3 Å². The lowest BCUT2D eigenvalue weighted by Gasteiger charge is -2.30. The van der Waals surface area contributed by atoms with Crippen molar-refractivity contribution in [2.75, 3.05) is 26.7 Å². The number of piperazine rings is 1. The summed E-state index contributed by atoms with van der Waals surface area (Å²) in [7, 11) is 2.16. The normalized spacial score (nSPS) is 23.7. The molecule has 1 unspecified atom stereocenters. The van der Waals surface area contributed by atoms with E-state index >= 15 is 0 Å². The van der Waals surface area contributed by atoms with Crippen LogP contribution in [0.5, 0.6) is 0 Å². The van der Waals surface area contributed by atoms with Gasteiger partial charge in [-0.25, -0.2) is 0 Å². The van der Waals surface area contributed by atoms with E-state index in [1.54, 1.807) is 0 Å². The number of nitrogens with zero attached hydrogens (tertiary/aromatic N) is 2. The number of nitrogens with one attached hydrogen (secondary N) is 1. The van der Waals surface area contributed by atoms with Crippen molar-refractivity contribution >= 4 is 0 Å². The molecule has 0 bridgehead atoms. The van der Waals surface area contributed by atoms with Gasteiger partial charge < -0.3 is 10.2 Å². The van der Waals surface area contributed by atoms with Crippen molar-refractivity contribution in [3.05, 3.63) is 29.6 Å². The van der Waals surface area contributed by atoms with Gasteiger partial charge in [0.15, 0.2) is 0 Å². The molecule has 76 valence electrons. The third kappa shape index (κ3) is 2.11. The van der Waals surface area contributed by atoms with E-state index in [0.717, 1.165) is 25.3 Å². The molecule has 0 aromatic carbocycles. The van der Waals surface area contributed by atoms with Crippen molar-refractivity contribution < 1.29 is 0 Å². The van der Waals surface area contributed by atoms with Crippen LogP contribution < -0.4 is 5.32 Å². The highest BCUT2D eigenvalue weighted by Gasteiger charge is 2.17. The maximum Gasteiger partial charge on any atom is 0.0464 e. The largest absolute Gasteiger partial charge is 0.308 e. The number of aryl methyl sites for hydroxylation is 1. The lowest BCUT2D eigenvalue weighted by Crippen LogP contribution is -2.43. The van der Waals surface area contributed by atoms with E-state index in [1.807, 2.05) is 13.1 Å². The van der Waals surface area contributed by atoms with Gasteiger partial charge in [0.2, 0.25) is 0 Å². The molecule has 14 heavy (non-hydrogen) atoms. The molecule has 0 amide bonds. The summed E-state index contributed by atoms with van der Waals surface area (Å²) in [4.78, 5) is 6.67. The molecule has 3 heteroatoms. The lowest BCUT2D eigenvalue weighted by molar-refractivity contribution is 0.240. The maximum absolute atomic E-state index is 4.32. The molecular weight excluding hydrogens is 174 g/mol. The monoisotopic (exact) mass is 191 g/mol. The summed E-state index contributed by atoms with van der Waals surface area (Å²) in [5, 5.41) is 3.50. The van der Waals surface area contributed by atoms with E-state index < -0.39 is 0 Å². The third-order valence-corrected chi connectivity index (χ3v) is 2.72. The van der Waals surface area contributed by atoms with Gasteiger partial charge in [-0.2, -0.15) is 0 Å². The fraction of sp³-hybridized carbons (Fsp3) is 0.545. The van der Waals surface area contributed by atoms with E-state index in [-0.39, 0.29) is 0 Å². The predicted molar refractivity (Wildman–Crippen MR) is 57.2 cm³/mol. The zero-order valence-electron chi connectivity index (χ0n) is 8.83. The first-order valence-corrected chi connectivity index (χ1v) is 5.10. The average molecular weight is 191 g/mol. The van der Waals surface area contributed by atoms with Gasteiger partial charge in [-0.15, -0.1) is 0 Å². The first kappa shape index (κ1) is 9.62. The molecule has 2 heterocycles. The Morgan fingerprint density at radius 3 is 3.00 bits per heavy atom. The summed E-state index contributed by atoms with van der Waals surface area (Å²) in [5.74, 6) is 0. The Hall–Kier alpha value is -0.930. The van der Waals surface area contributed by atoms with E-state index in [4.69, 9.17) is 0 Å². The Balaban J connectivity index is 2.10. The van der Waals surface area contributed by atoms with Crippen molar-refractivity contribution in [2.24, 2.45) is 0 Å². The van der Waals surface area contributed by atoms with Crippen LogP contribution in [0.3, 0.4) is 0 Å². The average Bonchev–Trinajstić information content (AvgIpc) is 2.19. The Kier molecular flexibility index (Phi) is 2.79. The van der Waals surface area contributed by atoms with Gasteiger partial charge in [-0.05, 0) is 25.6 Å². The Morgan fingerprint density at radius 2 is 2.36 bits per heavy atom. The second kappa shape index (κ2) is 4.07. The molecule has 1 fully saturated rings. The highest BCUT2D eigenvalue weighted by molar-refractivity contribution is 5.18. The molecule has 1 atom stereocenters. The fourth-order valence-corrected chi connectivity index (χ4v) is 1.81. The van der Waals surface area contributed by atoms with Gasteiger partial charge in [-0.1, -0.05) is 6.07 Å². The van der Waals surface area contributed by atoms with Crippen molar-refractivity contribution in [1.82, 2.24) is 15.2 Å². The summed E-state index contributed by atoms with van der Waals surface area (Å²) < 4.78 is 0. The van der Waals surface area contributed by atoms with Crippen molar-refractivity contribution in [2.45, 2.75) is 13.0 Å². The Morgan fingerprint density at radius 1 is 1.50 bits per heavy atom. The molecule has 1 aliphatic rings. The van der Waals surface area contributed by atoms with Crippen LogP contribution in [-0.2, 0) is 0 Å². The molecule has 0 saturated carbocycles. The Bertz CT molecular complexity index is 294. The molecule has 0 spiro atoms. The van der Waals surface area contributed by atoms with E-state index in [2.05, 4.69) is 34.4 Å². The van der Waals surface area contributed by atoms with Gasteiger partial charge in [-0.3, -0.25) is 4.98 Å². The SMILES string of the molecule is Cc1ccc(C2CN(C)CCN2)cn1. The lowest BCUT2D eigenvalue weighted by atomic mass is 10.1. The van der Waals surface area contributed by atoms with Gasteiger partial charge in [0, 0.05) is 37.6 Å². The minimum atomic E-state index is 0.446. The smallest absolute Gasteiger partial charge is 0.0464 e. The number of hydrogen-bond donors (Lipinski definition) is 1. The standard InChI is InChI=1S/C11H17N3/c1-9-3-4-10(7-13-9)11-8-14(2)6-5-12-11/h3-4,7,11-12H,5-6,8H2,1-2H3.